The van der Waals surface area contributed by atoms with Crippen molar-refractivity contribution in [2.75, 3.05) is 0 Å². The average molecular weight is 273 g/mol. The average Bonchev–Trinajstić information content (AvgIpc) is 2.99. The first-order chi connectivity index (χ1) is 9.61. The molecule has 2 heterocycles. The van der Waals surface area contributed by atoms with Gasteiger partial charge in [0.2, 0.25) is 5.89 Å². The summed E-state index contributed by atoms with van der Waals surface area (Å²) in [7, 11) is 0. The molecule has 0 aliphatic heterocycles. The molecule has 0 radical (unpaired) electrons. The summed E-state index contributed by atoms with van der Waals surface area (Å²) < 4.78 is 4.90. The van der Waals surface area contributed by atoms with Crippen LogP contribution in [0.5, 0.6) is 0 Å². The van der Waals surface area contributed by atoms with Crippen LogP contribution in [0.2, 0.25) is 0 Å². The van der Waals surface area contributed by atoms with Gasteiger partial charge < -0.3 is 19.8 Å². The van der Waals surface area contributed by atoms with Crippen molar-refractivity contribution < 1.29 is 9.32 Å². The minimum Gasteiger partial charge on any atom is -0.343 e. The smallest absolute Gasteiger partial charge is 0.323 e. The number of H-pyrrole nitrogens is 2. The Labute approximate surface area is 112 Å². The summed E-state index contributed by atoms with van der Waals surface area (Å²) in [6.07, 6.45) is 0. The first-order valence-electron chi connectivity index (χ1n) is 5.91. The van der Waals surface area contributed by atoms with Gasteiger partial charge >= 0.3 is 5.69 Å². The third kappa shape index (κ3) is 2.30. The molecule has 8 nitrogen and oxygen atoms in total. The Hall–Kier alpha value is -2.90. The van der Waals surface area contributed by atoms with Gasteiger partial charge in [-0.05, 0) is 25.1 Å². The van der Waals surface area contributed by atoms with Crippen LogP contribution in [0.3, 0.4) is 0 Å². The Morgan fingerprint density at radius 3 is 2.90 bits per heavy atom. The van der Waals surface area contributed by atoms with E-state index in [1.54, 1.807) is 25.1 Å². The molecular formula is C12H11N5O3. The Morgan fingerprint density at radius 1 is 1.35 bits per heavy atom. The summed E-state index contributed by atoms with van der Waals surface area (Å²) in [4.78, 5) is 32.3. The molecular weight excluding hydrogens is 262 g/mol. The van der Waals surface area contributed by atoms with E-state index < -0.39 is 0 Å². The fourth-order valence-corrected chi connectivity index (χ4v) is 1.84. The van der Waals surface area contributed by atoms with E-state index in [9.17, 15) is 9.59 Å². The number of imidazole rings is 1. The Morgan fingerprint density at radius 2 is 2.15 bits per heavy atom. The molecule has 3 aromatic rings. The standard InChI is InChI=1S/C12H11N5O3/c1-6-14-10(20-17-6)5-13-11(18)7-2-3-8-9(4-7)16-12(19)15-8/h2-4H,5H2,1H3,(H,13,18)(H2,15,16,19). The molecule has 0 fully saturated rings. The van der Waals surface area contributed by atoms with Crippen LogP contribution in [0.25, 0.3) is 11.0 Å². The first kappa shape index (κ1) is 12.2. The van der Waals surface area contributed by atoms with Gasteiger partial charge in [0.25, 0.3) is 5.91 Å². The predicted octanol–water partition coefficient (Wildman–Crippen LogP) is 0.478. The van der Waals surface area contributed by atoms with Crippen LogP contribution in [-0.4, -0.2) is 26.0 Å². The summed E-state index contributed by atoms with van der Waals surface area (Å²) >= 11 is 0. The lowest BCUT2D eigenvalue weighted by atomic mass is 10.2. The molecule has 3 N–H and O–H groups in total. The summed E-state index contributed by atoms with van der Waals surface area (Å²) in [5.74, 6) is 0.567. The van der Waals surface area contributed by atoms with Crippen LogP contribution in [0.4, 0.5) is 0 Å². The van der Waals surface area contributed by atoms with Crippen LogP contribution in [0.15, 0.2) is 27.5 Å². The van der Waals surface area contributed by atoms with Crippen LogP contribution in [0.1, 0.15) is 22.1 Å². The molecule has 0 atom stereocenters. The molecule has 20 heavy (non-hydrogen) atoms. The number of nitrogens with zero attached hydrogens (tertiary/aromatic N) is 2. The van der Waals surface area contributed by atoms with E-state index in [1.165, 1.54) is 0 Å². The third-order valence-electron chi connectivity index (χ3n) is 2.75. The number of aromatic amines is 2. The van der Waals surface area contributed by atoms with Gasteiger partial charge in [-0.2, -0.15) is 4.98 Å². The number of fused-ring (bicyclic) bond motifs is 1. The highest BCUT2D eigenvalue weighted by Crippen LogP contribution is 2.10. The minimum atomic E-state index is -0.307. The summed E-state index contributed by atoms with van der Waals surface area (Å²) in [6.45, 7) is 1.85. The van der Waals surface area contributed by atoms with Gasteiger partial charge in [0.15, 0.2) is 5.82 Å². The molecule has 8 heteroatoms. The Balaban J connectivity index is 1.76. The lowest BCUT2D eigenvalue weighted by Gasteiger charge is -2.02. The van der Waals surface area contributed by atoms with Gasteiger partial charge in [0.05, 0.1) is 17.6 Å². The monoisotopic (exact) mass is 273 g/mol. The summed E-state index contributed by atoms with van der Waals surface area (Å²) in [5.41, 5.74) is 1.36. The van der Waals surface area contributed by atoms with Gasteiger partial charge in [-0.1, -0.05) is 5.16 Å². The van der Waals surface area contributed by atoms with E-state index in [-0.39, 0.29) is 18.1 Å². The zero-order valence-electron chi connectivity index (χ0n) is 10.6. The largest absolute Gasteiger partial charge is 0.343 e. The second-order valence-electron chi connectivity index (χ2n) is 4.26. The van der Waals surface area contributed by atoms with Crippen molar-refractivity contribution >= 4 is 16.9 Å². The van der Waals surface area contributed by atoms with Crippen LogP contribution >= 0.6 is 0 Å². The summed E-state index contributed by atoms with van der Waals surface area (Å²) in [5, 5.41) is 6.29. The molecule has 1 amide bonds. The summed E-state index contributed by atoms with van der Waals surface area (Å²) in [6, 6.07) is 4.89. The van der Waals surface area contributed by atoms with Crippen LogP contribution < -0.4 is 11.0 Å². The quantitative estimate of drug-likeness (QED) is 0.641. The zero-order valence-corrected chi connectivity index (χ0v) is 10.6. The number of hydrogen-bond acceptors (Lipinski definition) is 5. The van der Waals surface area contributed by atoms with Crippen molar-refractivity contribution in [2.45, 2.75) is 13.5 Å². The molecule has 0 aliphatic carbocycles. The number of carbonyl (C=O) groups is 1. The molecule has 0 saturated heterocycles. The maximum absolute atomic E-state index is 12.0. The van der Waals surface area contributed by atoms with E-state index in [2.05, 4.69) is 25.4 Å². The molecule has 0 saturated carbocycles. The lowest BCUT2D eigenvalue weighted by molar-refractivity contribution is 0.0946. The van der Waals surface area contributed by atoms with Gasteiger partial charge in [-0.25, -0.2) is 4.79 Å². The molecule has 3 rings (SSSR count). The van der Waals surface area contributed by atoms with Crippen molar-refractivity contribution in [3.63, 3.8) is 0 Å². The van der Waals surface area contributed by atoms with Crippen molar-refractivity contribution in [1.29, 1.82) is 0 Å². The highest BCUT2D eigenvalue weighted by Gasteiger charge is 2.09. The van der Waals surface area contributed by atoms with Gasteiger partial charge in [-0.15, -0.1) is 0 Å². The molecule has 2 aromatic heterocycles. The highest BCUT2D eigenvalue weighted by molar-refractivity contribution is 5.97. The zero-order chi connectivity index (χ0) is 14.1. The maximum atomic E-state index is 12.0. The molecule has 0 unspecified atom stereocenters. The van der Waals surface area contributed by atoms with Gasteiger partial charge in [0, 0.05) is 5.56 Å². The predicted molar refractivity (Wildman–Crippen MR) is 69.1 cm³/mol. The van der Waals surface area contributed by atoms with Gasteiger partial charge in [-0.3, -0.25) is 4.79 Å². The number of aromatic nitrogens is 4. The molecule has 102 valence electrons. The third-order valence-corrected chi connectivity index (χ3v) is 2.75. The topological polar surface area (TPSA) is 117 Å². The van der Waals surface area contributed by atoms with E-state index >= 15 is 0 Å². The van der Waals surface area contributed by atoms with Crippen molar-refractivity contribution in [3.8, 4) is 0 Å². The minimum absolute atomic E-state index is 0.154. The number of rotatable bonds is 3. The molecule has 0 spiro atoms. The number of carbonyl (C=O) groups excluding carboxylic acids is 1. The molecule has 0 bridgehead atoms. The fraction of sp³-hybridized carbons (Fsp3) is 0.167. The number of nitrogens with one attached hydrogen (secondary N) is 3. The molecule has 0 aliphatic rings. The van der Waals surface area contributed by atoms with Crippen molar-refractivity contribution in [2.24, 2.45) is 0 Å². The number of amides is 1. The second-order valence-corrected chi connectivity index (χ2v) is 4.26. The number of hydrogen-bond donors (Lipinski definition) is 3. The van der Waals surface area contributed by atoms with Crippen LogP contribution in [0, 0.1) is 6.92 Å². The Kier molecular flexibility index (Phi) is 2.82. The normalized spacial score (nSPS) is 10.8. The highest BCUT2D eigenvalue weighted by atomic mass is 16.5. The van der Waals surface area contributed by atoms with E-state index in [0.717, 1.165) is 0 Å². The van der Waals surface area contributed by atoms with Crippen molar-refractivity contribution in [3.05, 3.63) is 46.0 Å². The Bertz CT molecular complexity index is 829. The number of aryl methyl sites for hydroxylation is 1. The van der Waals surface area contributed by atoms with Crippen molar-refractivity contribution in [1.82, 2.24) is 25.4 Å². The fourth-order valence-electron chi connectivity index (χ4n) is 1.84. The SMILES string of the molecule is Cc1noc(CNC(=O)c2ccc3[nH]c(=O)[nH]c3c2)n1. The number of benzene rings is 1. The lowest BCUT2D eigenvalue weighted by Crippen LogP contribution is -2.22. The first-order valence-corrected chi connectivity index (χ1v) is 5.91. The maximum Gasteiger partial charge on any atom is 0.323 e. The van der Waals surface area contributed by atoms with Gasteiger partial charge in [0.1, 0.15) is 0 Å². The van der Waals surface area contributed by atoms with E-state index in [4.69, 9.17) is 4.52 Å². The molecule has 1 aromatic carbocycles. The van der Waals surface area contributed by atoms with Crippen LogP contribution in [-0.2, 0) is 6.54 Å². The van der Waals surface area contributed by atoms with E-state index in [0.29, 0.717) is 28.3 Å². The second kappa shape index (κ2) is 4.65. The van der Waals surface area contributed by atoms with E-state index in [1.807, 2.05) is 0 Å².